The normalized spacial score (nSPS) is 11.6. The molecular weight excluding hydrogens is 284 g/mol. The van der Waals surface area contributed by atoms with Gasteiger partial charge in [-0.25, -0.2) is 4.39 Å². The van der Waals surface area contributed by atoms with Gasteiger partial charge in [-0.1, -0.05) is 17.7 Å². The highest BCUT2D eigenvalue weighted by Gasteiger charge is 2.32. The predicted octanol–water partition coefficient (Wildman–Crippen LogP) is 4.14. The Balaban J connectivity index is 2.46. The van der Waals surface area contributed by atoms with Crippen molar-refractivity contribution in [3.8, 4) is 11.1 Å². The van der Waals surface area contributed by atoms with E-state index >= 15 is 0 Å². The van der Waals surface area contributed by atoms with Crippen LogP contribution in [0.4, 0.5) is 23.2 Å². The van der Waals surface area contributed by atoms with Crippen LogP contribution in [-0.4, -0.2) is 4.98 Å². The summed E-state index contributed by atoms with van der Waals surface area (Å²) < 4.78 is 50.4. The topological polar surface area (TPSA) is 38.9 Å². The van der Waals surface area contributed by atoms with Gasteiger partial charge in [0.15, 0.2) is 0 Å². The van der Waals surface area contributed by atoms with Gasteiger partial charge in [0, 0.05) is 17.3 Å². The van der Waals surface area contributed by atoms with Gasteiger partial charge in [-0.15, -0.1) is 0 Å². The van der Waals surface area contributed by atoms with E-state index in [4.69, 9.17) is 17.3 Å². The van der Waals surface area contributed by atoms with Crippen molar-refractivity contribution in [1.29, 1.82) is 0 Å². The van der Waals surface area contributed by atoms with Gasteiger partial charge in [0.2, 0.25) is 0 Å². The van der Waals surface area contributed by atoms with Gasteiger partial charge >= 0.3 is 6.18 Å². The molecule has 0 aliphatic carbocycles. The molecule has 100 valence electrons. The number of halogens is 5. The van der Waals surface area contributed by atoms with Gasteiger partial charge in [0.1, 0.15) is 11.5 Å². The maximum Gasteiger partial charge on any atom is 0.433 e. The van der Waals surface area contributed by atoms with Crippen LogP contribution in [0.5, 0.6) is 0 Å². The highest BCUT2D eigenvalue weighted by atomic mass is 35.5. The smallest absolute Gasteiger partial charge is 0.396 e. The average Bonchev–Trinajstić information content (AvgIpc) is 2.33. The zero-order valence-corrected chi connectivity index (χ0v) is 10.1. The summed E-state index contributed by atoms with van der Waals surface area (Å²) in [6.07, 6.45) is -3.53. The van der Waals surface area contributed by atoms with Crippen LogP contribution in [0, 0.1) is 5.82 Å². The number of rotatable bonds is 1. The number of nitrogens with two attached hydrogens (primary N) is 1. The lowest BCUT2D eigenvalue weighted by Crippen LogP contribution is -2.07. The fourth-order valence-corrected chi connectivity index (χ4v) is 1.79. The van der Waals surface area contributed by atoms with Crippen molar-refractivity contribution in [3.63, 3.8) is 0 Å². The summed E-state index contributed by atoms with van der Waals surface area (Å²) in [5.41, 5.74) is 4.68. The van der Waals surface area contributed by atoms with Crippen LogP contribution in [0.3, 0.4) is 0 Å². The minimum absolute atomic E-state index is 0.131. The third-order valence-electron chi connectivity index (χ3n) is 2.45. The molecule has 1 heterocycles. The SMILES string of the molecule is Nc1cc(Cl)c(-c2ccc(C(F)(F)F)nc2)cc1F. The summed E-state index contributed by atoms with van der Waals surface area (Å²) in [7, 11) is 0. The second kappa shape index (κ2) is 4.70. The largest absolute Gasteiger partial charge is 0.433 e. The second-order valence-corrected chi connectivity index (χ2v) is 4.19. The molecule has 0 aliphatic rings. The van der Waals surface area contributed by atoms with Gasteiger partial charge in [-0.05, 0) is 18.2 Å². The van der Waals surface area contributed by atoms with Crippen LogP contribution >= 0.6 is 11.6 Å². The van der Waals surface area contributed by atoms with E-state index < -0.39 is 17.7 Å². The summed E-state index contributed by atoms with van der Waals surface area (Å²) in [6, 6.07) is 4.23. The second-order valence-electron chi connectivity index (χ2n) is 3.78. The predicted molar refractivity (Wildman–Crippen MR) is 64.1 cm³/mol. The van der Waals surface area contributed by atoms with Gasteiger partial charge in [0.05, 0.1) is 10.7 Å². The number of aromatic nitrogens is 1. The average molecular weight is 291 g/mol. The first-order valence-electron chi connectivity index (χ1n) is 5.07. The molecule has 2 nitrogen and oxygen atoms in total. The fourth-order valence-electron chi connectivity index (χ4n) is 1.50. The van der Waals surface area contributed by atoms with Crippen molar-refractivity contribution in [2.75, 3.05) is 5.73 Å². The molecule has 7 heteroatoms. The summed E-state index contributed by atoms with van der Waals surface area (Å²) in [6.45, 7) is 0. The monoisotopic (exact) mass is 290 g/mol. The quantitative estimate of drug-likeness (QED) is 0.633. The molecule has 0 aliphatic heterocycles. The lowest BCUT2D eigenvalue weighted by molar-refractivity contribution is -0.141. The van der Waals surface area contributed by atoms with E-state index in [1.54, 1.807) is 0 Å². The minimum Gasteiger partial charge on any atom is -0.396 e. The van der Waals surface area contributed by atoms with Crippen LogP contribution in [0.25, 0.3) is 11.1 Å². The number of nitrogen functional groups attached to an aromatic ring is 1. The molecule has 1 aromatic carbocycles. The number of hydrogen-bond acceptors (Lipinski definition) is 2. The molecule has 0 unspecified atom stereocenters. The van der Waals surface area contributed by atoms with Gasteiger partial charge in [-0.2, -0.15) is 13.2 Å². The van der Waals surface area contributed by atoms with Crippen LogP contribution in [0.2, 0.25) is 5.02 Å². The maximum absolute atomic E-state index is 13.3. The van der Waals surface area contributed by atoms with E-state index in [2.05, 4.69) is 4.98 Å². The molecule has 2 N–H and O–H groups in total. The first-order chi connectivity index (χ1) is 8.79. The molecule has 0 saturated heterocycles. The molecule has 0 amide bonds. The molecule has 0 bridgehead atoms. The Morgan fingerprint density at radius 3 is 2.37 bits per heavy atom. The Morgan fingerprint density at radius 2 is 1.84 bits per heavy atom. The standard InChI is InChI=1S/C12H7ClF4N2/c13-8-4-10(18)9(14)3-7(8)6-1-2-11(19-5-6)12(15,16)17/h1-5H,18H2. The number of alkyl halides is 3. The van der Waals surface area contributed by atoms with E-state index in [1.807, 2.05) is 0 Å². The molecule has 2 rings (SSSR count). The molecule has 0 saturated carbocycles. The minimum atomic E-state index is -4.52. The zero-order valence-electron chi connectivity index (χ0n) is 9.30. The van der Waals surface area contributed by atoms with Crippen LogP contribution in [0.15, 0.2) is 30.5 Å². The molecule has 0 fully saturated rings. The number of benzene rings is 1. The number of nitrogens with zero attached hydrogens (tertiary/aromatic N) is 1. The molecule has 0 spiro atoms. The Hall–Kier alpha value is -1.82. The number of hydrogen-bond donors (Lipinski definition) is 1. The van der Waals surface area contributed by atoms with E-state index in [9.17, 15) is 17.6 Å². The van der Waals surface area contributed by atoms with E-state index in [-0.39, 0.29) is 21.8 Å². The fraction of sp³-hybridized carbons (Fsp3) is 0.0833. The van der Waals surface area contributed by atoms with Crippen molar-refractivity contribution in [2.24, 2.45) is 0 Å². The summed E-state index contributed by atoms with van der Waals surface area (Å²) >= 11 is 5.87. The molecular formula is C12H7ClF4N2. The third kappa shape index (κ3) is 2.78. The van der Waals surface area contributed by atoms with Crippen LogP contribution < -0.4 is 5.73 Å². The Bertz CT molecular complexity index is 608. The van der Waals surface area contributed by atoms with Crippen molar-refractivity contribution in [1.82, 2.24) is 4.98 Å². The van der Waals surface area contributed by atoms with Crippen LogP contribution in [-0.2, 0) is 6.18 Å². The zero-order chi connectivity index (χ0) is 14.2. The maximum atomic E-state index is 13.3. The summed E-state index contributed by atoms with van der Waals surface area (Å²) in [5.74, 6) is -0.695. The van der Waals surface area contributed by atoms with Crippen molar-refractivity contribution >= 4 is 17.3 Å². The molecule has 2 aromatic rings. The molecule has 0 radical (unpaired) electrons. The van der Waals surface area contributed by atoms with E-state index in [0.717, 1.165) is 18.3 Å². The molecule has 1 aromatic heterocycles. The Morgan fingerprint density at radius 1 is 1.16 bits per heavy atom. The van der Waals surface area contributed by atoms with Gasteiger partial charge < -0.3 is 5.73 Å². The Kier molecular flexibility index (Phi) is 3.36. The highest BCUT2D eigenvalue weighted by Crippen LogP contribution is 2.33. The van der Waals surface area contributed by atoms with E-state index in [1.165, 1.54) is 12.1 Å². The summed E-state index contributed by atoms with van der Waals surface area (Å²) in [4.78, 5) is 3.28. The first-order valence-corrected chi connectivity index (χ1v) is 5.45. The van der Waals surface area contributed by atoms with Crippen molar-refractivity contribution in [3.05, 3.63) is 47.0 Å². The van der Waals surface area contributed by atoms with Gasteiger partial charge in [0.25, 0.3) is 0 Å². The Labute approximate surface area is 110 Å². The number of pyridine rings is 1. The highest BCUT2D eigenvalue weighted by molar-refractivity contribution is 6.33. The molecule has 0 atom stereocenters. The molecule has 19 heavy (non-hydrogen) atoms. The lowest BCUT2D eigenvalue weighted by atomic mass is 10.1. The van der Waals surface area contributed by atoms with Crippen molar-refractivity contribution in [2.45, 2.75) is 6.18 Å². The third-order valence-corrected chi connectivity index (χ3v) is 2.76. The van der Waals surface area contributed by atoms with E-state index in [0.29, 0.717) is 0 Å². The van der Waals surface area contributed by atoms with Gasteiger partial charge in [-0.3, -0.25) is 4.98 Å². The number of anilines is 1. The first kappa shape index (κ1) is 13.6. The van der Waals surface area contributed by atoms with Crippen LogP contribution in [0.1, 0.15) is 5.69 Å². The lowest BCUT2D eigenvalue weighted by Gasteiger charge is -2.09. The van der Waals surface area contributed by atoms with Crippen molar-refractivity contribution < 1.29 is 17.6 Å². The summed E-state index contributed by atoms with van der Waals surface area (Å²) in [5, 5.41) is 0.139.